The van der Waals surface area contributed by atoms with Gasteiger partial charge in [-0.2, -0.15) is 5.10 Å². The molecule has 0 aliphatic carbocycles. The van der Waals surface area contributed by atoms with Crippen LogP contribution in [0, 0.1) is 0 Å². The van der Waals surface area contributed by atoms with Gasteiger partial charge < -0.3 is 0 Å². The Balaban J connectivity index is 2.74. The molecular weight excluding hydrogens is 226 g/mol. The second kappa shape index (κ2) is 3.56. The Labute approximate surface area is 98.2 Å². The van der Waals surface area contributed by atoms with Crippen LogP contribution in [-0.4, -0.2) is 20.9 Å². The van der Waals surface area contributed by atoms with Crippen molar-refractivity contribution < 1.29 is 4.79 Å². The van der Waals surface area contributed by atoms with Crippen molar-refractivity contribution in [2.45, 2.75) is 26.2 Å². The summed E-state index contributed by atoms with van der Waals surface area (Å²) < 4.78 is 1.58. The summed E-state index contributed by atoms with van der Waals surface area (Å²) in [5, 5.41) is 4.49. The average Bonchev–Trinajstić information content (AvgIpc) is 2.57. The maximum Gasteiger partial charge on any atom is 0.167 e. The predicted octanol–water partition coefficient (Wildman–Crippen LogP) is 2.49. The van der Waals surface area contributed by atoms with Gasteiger partial charge >= 0.3 is 0 Å². The molecule has 2 aromatic heterocycles. The average molecular weight is 238 g/mol. The van der Waals surface area contributed by atoms with E-state index < -0.39 is 0 Å². The monoisotopic (exact) mass is 237 g/mol. The Morgan fingerprint density at radius 3 is 2.69 bits per heavy atom. The third-order valence-electron chi connectivity index (χ3n) is 2.41. The van der Waals surface area contributed by atoms with E-state index in [2.05, 4.69) is 10.1 Å². The van der Waals surface area contributed by atoms with Crippen molar-refractivity contribution >= 4 is 23.5 Å². The van der Waals surface area contributed by atoms with Gasteiger partial charge in [-0.25, -0.2) is 9.50 Å². The number of hydrogen-bond acceptors (Lipinski definition) is 3. The van der Waals surface area contributed by atoms with Crippen molar-refractivity contribution in [1.82, 2.24) is 14.6 Å². The van der Waals surface area contributed by atoms with E-state index in [1.807, 2.05) is 27.0 Å². The lowest BCUT2D eigenvalue weighted by molar-refractivity contribution is 0.112. The first-order chi connectivity index (χ1) is 7.43. The van der Waals surface area contributed by atoms with Gasteiger partial charge in [-0.15, -0.1) is 0 Å². The van der Waals surface area contributed by atoms with Gasteiger partial charge in [0.25, 0.3) is 0 Å². The minimum absolute atomic E-state index is 0.106. The second-order valence-corrected chi connectivity index (χ2v) is 5.04. The molecule has 0 unspecified atom stereocenters. The fraction of sp³-hybridized carbons (Fsp3) is 0.364. The quantitative estimate of drug-likeness (QED) is 0.566. The minimum Gasteiger partial charge on any atom is -0.298 e. The standard InChI is InChI=1S/C11H12ClN3O/c1-11(2,3)8-5-15-10(14-9(8)12)7(6-16)4-13-15/h4-6H,1-3H3. The molecule has 0 bridgehead atoms. The normalized spacial score (nSPS) is 12.0. The van der Waals surface area contributed by atoms with E-state index in [0.717, 1.165) is 11.8 Å². The Morgan fingerprint density at radius 2 is 2.12 bits per heavy atom. The van der Waals surface area contributed by atoms with Gasteiger partial charge in [-0.05, 0) is 5.41 Å². The fourth-order valence-corrected chi connectivity index (χ4v) is 1.91. The van der Waals surface area contributed by atoms with Crippen molar-refractivity contribution in [2.75, 3.05) is 0 Å². The molecule has 0 fully saturated rings. The summed E-state index contributed by atoms with van der Waals surface area (Å²) in [5.74, 6) is 0. The summed E-state index contributed by atoms with van der Waals surface area (Å²) in [4.78, 5) is 14.9. The lowest BCUT2D eigenvalue weighted by Crippen LogP contribution is -2.14. The van der Waals surface area contributed by atoms with E-state index in [1.54, 1.807) is 4.52 Å². The molecular formula is C11H12ClN3O. The molecule has 2 rings (SSSR count). The summed E-state index contributed by atoms with van der Waals surface area (Å²) in [6.07, 6.45) is 4.03. The summed E-state index contributed by atoms with van der Waals surface area (Å²) in [6.45, 7) is 6.14. The lowest BCUT2D eigenvalue weighted by atomic mass is 9.89. The van der Waals surface area contributed by atoms with Crippen LogP contribution >= 0.6 is 11.6 Å². The highest BCUT2D eigenvalue weighted by Crippen LogP contribution is 2.28. The maximum absolute atomic E-state index is 10.7. The zero-order valence-corrected chi connectivity index (χ0v) is 10.1. The van der Waals surface area contributed by atoms with Crippen molar-refractivity contribution in [3.05, 3.63) is 28.7 Å². The third-order valence-corrected chi connectivity index (χ3v) is 2.70. The van der Waals surface area contributed by atoms with E-state index >= 15 is 0 Å². The Hall–Kier alpha value is -1.42. The van der Waals surface area contributed by atoms with Gasteiger partial charge in [0.15, 0.2) is 11.9 Å². The van der Waals surface area contributed by atoms with E-state index in [1.165, 1.54) is 6.20 Å². The number of nitrogens with zero attached hydrogens (tertiary/aromatic N) is 3. The van der Waals surface area contributed by atoms with Gasteiger partial charge in [-0.1, -0.05) is 32.4 Å². The Kier molecular flexibility index (Phi) is 2.46. The second-order valence-electron chi connectivity index (χ2n) is 4.68. The number of rotatable bonds is 1. The number of fused-ring (bicyclic) bond motifs is 1. The largest absolute Gasteiger partial charge is 0.298 e. The maximum atomic E-state index is 10.7. The number of aromatic nitrogens is 3. The molecule has 2 heterocycles. The summed E-state index contributed by atoms with van der Waals surface area (Å²) in [5.41, 5.74) is 1.74. The van der Waals surface area contributed by atoms with Gasteiger partial charge in [0, 0.05) is 11.8 Å². The van der Waals surface area contributed by atoms with E-state index in [-0.39, 0.29) is 5.41 Å². The first-order valence-corrected chi connectivity index (χ1v) is 5.31. The van der Waals surface area contributed by atoms with Crippen LogP contribution in [0.5, 0.6) is 0 Å². The van der Waals surface area contributed by atoms with Crippen LogP contribution in [0.2, 0.25) is 5.15 Å². The highest BCUT2D eigenvalue weighted by atomic mass is 35.5. The molecule has 0 amide bonds. The zero-order valence-electron chi connectivity index (χ0n) is 9.36. The van der Waals surface area contributed by atoms with Crippen LogP contribution < -0.4 is 0 Å². The molecule has 0 aliphatic heterocycles. The number of carbonyl (C=O) groups excluding carboxylic acids is 1. The van der Waals surface area contributed by atoms with Crippen LogP contribution in [0.3, 0.4) is 0 Å². The molecule has 0 atom stereocenters. The molecule has 0 aromatic carbocycles. The van der Waals surface area contributed by atoms with Gasteiger partial charge in [0.05, 0.1) is 11.8 Å². The van der Waals surface area contributed by atoms with E-state index in [0.29, 0.717) is 16.4 Å². The molecule has 0 spiro atoms. The number of carbonyl (C=O) groups is 1. The molecule has 16 heavy (non-hydrogen) atoms. The lowest BCUT2D eigenvalue weighted by Gasteiger charge is -2.19. The van der Waals surface area contributed by atoms with Gasteiger partial charge in [0.1, 0.15) is 5.15 Å². The zero-order chi connectivity index (χ0) is 11.9. The summed E-state index contributed by atoms with van der Waals surface area (Å²) in [6, 6.07) is 0. The molecule has 5 heteroatoms. The molecule has 0 saturated carbocycles. The fourth-order valence-electron chi connectivity index (χ4n) is 1.49. The molecule has 84 valence electrons. The minimum atomic E-state index is -0.106. The van der Waals surface area contributed by atoms with Crippen molar-refractivity contribution in [1.29, 1.82) is 0 Å². The van der Waals surface area contributed by atoms with Crippen molar-refractivity contribution in [3.8, 4) is 0 Å². The third kappa shape index (κ3) is 1.69. The molecule has 0 N–H and O–H groups in total. The molecule has 0 aliphatic rings. The first-order valence-electron chi connectivity index (χ1n) is 4.93. The van der Waals surface area contributed by atoms with Crippen LogP contribution in [-0.2, 0) is 5.41 Å². The highest BCUT2D eigenvalue weighted by Gasteiger charge is 2.20. The molecule has 2 aromatic rings. The smallest absolute Gasteiger partial charge is 0.167 e. The first kappa shape index (κ1) is 11.1. The highest BCUT2D eigenvalue weighted by molar-refractivity contribution is 6.30. The topological polar surface area (TPSA) is 47.3 Å². The van der Waals surface area contributed by atoms with Gasteiger partial charge in [0.2, 0.25) is 0 Å². The Morgan fingerprint density at radius 1 is 1.44 bits per heavy atom. The SMILES string of the molecule is CC(C)(C)c1cn2ncc(C=O)c2nc1Cl. The van der Waals surface area contributed by atoms with Crippen molar-refractivity contribution in [2.24, 2.45) is 0 Å². The van der Waals surface area contributed by atoms with Crippen molar-refractivity contribution in [3.63, 3.8) is 0 Å². The van der Waals surface area contributed by atoms with Crippen LogP contribution in [0.25, 0.3) is 5.65 Å². The molecule has 0 radical (unpaired) electrons. The number of halogens is 1. The molecule has 0 saturated heterocycles. The number of hydrogen-bond donors (Lipinski definition) is 0. The number of aldehydes is 1. The van der Waals surface area contributed by atoms with E-state index in [4.69, 9.17) is 11.6 Å². The summed E-state index contributed by atoms with van der Waals surface area (Å²) >= 11 is 6.11. The van der Waals surface area contributed by atoms with Crippen LogP contribution in [0.4, 0.5) is 0 Å². The predicted molar refractivity (Wildman–Crippen MR) is 62.1 cm³/mol. The van der Waals surface area contributed by atoms with E-state index in [9.17, 15) is 4.79 Å². The van der Waals surface area contributed by atoms with Crippen LogP contribution in [0.15, 0.2) is 12.4 Å². The molecule has 4 nitrogen and oxygen atoms in total. The van der Waals surface area contributed by atoms with Gasteiger partial charge in [-0.3, -0.25) is 4.79 Å². The van der Waals surface area contributed by atoms with Crippen LogP contribution in [0.1, 0.15) is 36.7 Å². The Bertz CT molecular complexity index is 554. The summed E-state index contributed by atoms with van der Waals surface area (Å²) in [7, 11) is 0.